The Labute approximate surface area is 274 Å². The van der Waals surface area contributed by atoms with Gasteiger partial charge in [-0.3, -0.25) is 0 Å². The van der Waals surface area contributed by atoms with Crippen molar-refractivity contribution < 1.29 is 0 Å². The maximum atomic E-state index is 4.96. The van der Waals surface area contributed by atoms with E-state index in [0.29, 0.717) is 5.92 Å². The number of aromatic nitrogens is 2. The van der Waals surface area contributed by atoms with Gasteiger partial charge in [0.15, 0.2) is 11.6 Å². The largest absolute Gasteiger partial charge is 0.302 e. The Morgan fingerprint density at radius 3 is 1.89 bits per heavy atom. The highest BCUT2D eigenvalue weighted by Gasteiger charge is 2.40. The third-order valence-electron chi connectivity index (χ3n) is 9.43. The van der Waals surface area contributed by atoms with Gasteiger partial charge in [-0.25, -0.2) is 9.97 Å². The van der Waals surface area contributed by atoms with E-state index in [1.165, 1.54) is 39.1 Å². The van der Waals surface area contributed by atoms with Crippen molar-refractivity contribution in [2.45, 2.75) is 112 Å². The Kier molecular flexibility index (Phi) is 12.6. The second kappa shape index (κ2) is 15.9. The molecule has 0 fully saturated rings. The van der Waals surface area contributed by atoms with Crippen LogP contribution in [0.3, 0.4) is 0 Å². The molecule has 0 saturated carbocycles. The van der Waals surface area contributed by atoms with Crippen LogP contribution in [0.5, 0.6) is 0 Å². The fourth-order valence-corrected chi connectivity index (χ4v) is 6.41. The van der Waals surface area contributed by atoms with E-state index in [1.54, 1.807) is 0 Å². The highest BCUT2D eigenvalue weighted by Crippen LogP contribution is 2.50. The van der Waals surface area contributed by atoms with Gasteiger partial charge in [-0.2, -0.15) is 0 Å². The summed E-state index contributed by atoms with van der Waals surface area (Å²) in [6.07, 6.45) is 7.81. The molecule has 1 unspecified atom stereocenters. The molecule has 1 aromatic heterocycles. The lowest BCUT2D eigenvalue weighted by molar-refractivity contribution is 0.438. The summed E-state index contributed by atoms with van der Waals surface area (Å²) in [6, 6.07) is 22.8. The van der Waals surface area contributed by atoms with Crippen LogP contribution in [0.1, 0.15) is 110 Å². The Balaban J connectivity index is 0.00000133. The summed E-state index contributed by atoms with van der Waals surface area (Å²) in [7, 11) is 0. The molecule has 240 valence electrons. The molecule has 4 heteroatoms. The SMILES string of the molecule is C=C.CC.CCc1ccc(N2c3nccnc3N(c3cc(-c4ccccc4C(C)C)c(CC)cc3C(C)(CC)CC)C2C)cc1. The molecule has 0 bridgehead atoms. The van der Waals surface area contributed by atoms with Crippen LogP contribution in [0, 0.1) is 0 Å². The molecule has 5 rings (SSSR count). The van der Waals surface area contributed by atoms with Crippen molar-refractivity contribution in [3.63, 3.8) is 0 Å². The normalized spacial score (nSPS) is 14.0. The van der Waals surface area contributed by atoms with Crippen LogP contribution in [0.2, 0.25) is 0 Å². The van der Waals surface area contributed by atoms with Gasteiger partial charge in [0.05, 0.1) is 0 Å². The average molecular weight is 605 g/mol. The van der Waals surface area contributed by atoms with Gasteiger partial charge in [-0.1, -0.05) is 105 Å². The third-order valence-corrected chi connectivity index (χ3v) is 9.43. The Bertz CT molecular complexity index is 1520. The summed E-state index contributed by atoms with van der Waals surface area (Å²) in [5.74, 6) is 2.27. The van der Waals surface area contributed by atoms with Crippen LogP contribution in [0.4, 0.5) is 23.0 Å². The van der Waals surface area contributed by atoms with Crippen LogP contribution in [0.15, 0.2) is 86.2 Å². The number of aryl methyl sites for hydroxylation is 2. The van der Waals surface area contributed by atoms with E-state index in [4.69, 9.17) is 9.97 Å². The number of hydrogen-bond acceptors (Lipinski definition) is 4. The van der Waals surface area contributed by atoms with Gasteiger partial charge in [0, 0.05) is 23.8 Å². The minimum Gasteiger partial charge on any atom is -0.302 e. The monoisotopic (exact) mass is 604 g/mol. The number of hydrogen-bond donors (Lipinski definition) is 0. The van der Waals surface area contributed by atoms with Crippen LogP contribution >= 0.6 is 0 Å². The molecule has 0 amide bonds. The van der Waals surface area contributed by atoms with E-state index in [2.05, 4.69) is 139 Å². The number of anilines is 4. The second-order valence-electron chi connectivity index (χ2n) is 12.0. The lowest BCUT2D eigenvalue weighted by atomic mass is 9.75. The van der Waals surface area contributed by atoms with Crippen LogP contribution in [-0.2, 0) is 18.3 Å². The van der Waals surface area contributed by atoms with Crippen LogP contribution in [0.25, 0.3) is 11.1 Å². The predicted octanol–water partition coefficient (Wildman–Crippen LogP) is 11.9. The molecule has 0 N–H and O–H groups in total. The standard InChI is InChI=1S/C37H46N4.C2H6.C2H4/c1-9-27-17-19-29(20-18-27)40-26(7)41(36-35(40)38-21-22-39-36)34-24-32(31-16-14-13-15-30(31)25(5)6)28(10-2)23-33(34)37(8,11-3)12-4;2*1-2/h13-26H,9-12H2,1-8H3;1-2H3;1-2H2. The van der Waals surface area contributed by atoms with E-state index in [9.17, 15) is 0 Å². The smallest absolute Gasteiger partial charge is 0.178 e. The Morgan fingerprint density at radius 1 is 0.778 bits per heavy atom. The molecule has 1 aliphatic rings. The number of rotatable bonds is 9. The molecule has 2 heterocycles. The van der Waals surface area contributed by atoms with Gasteiger partial charge in [-0.05, 0) is 95.5 Å². The summed E-state index contributed by atoms with van der Waals surface area (Å²) in [4.78, 5) is 14.6. The second-order valence-corrected chi connectivity index (χ2v) is 12.0. The van der Waals surface area contributed by atoms with Crippen molar-refractivity contribution in [1.82, 2.24) is 9.97 Å². The van der Waals surface area contributed by atoms with Crippen LogP contribution < -0.4 is 9.80 Å². The molecule has 1 aliphatic heterocycles. The zero-order chi connectivity index (χ0) is 33.3. The Hall–Kier alpha value is -3.92. The number of nitrogens with zero attached hydrogens (tertiary/aromatic N) is 4. The lowest BCUT2D eigenvalue weighted by Gasteiger charge is -2.37. The Morgan fingerprint density at radius 2 is 1.36 bits per heavy atom. The van der Waals surface area contributed by atoms with Crippen molar-refractivity contribution in [1.29, 1.82) is 0 Å². The van der Waals surface area contributed by atoms with Crippen molar-refractivity contribution in [3.05, 3.63) is 108 Å². The van der Waals surface area contributed by atoms with E-state index in [0.717, 1.165) is 43.0 Å². The fraction of sp³-hybridized carbons (Fsp3) is 0.415. The molecule has 1 atom stereocenters. The molecular weight excluding hydrogens is 548 g/mol. The zero-order valence-electron chi connectivity index (χ0n) is 29.6. The van der Waals surface area contributed by atoms with E-state index >= 15 is 0 Å². The zero-order valence-corrected chi connectivity index (χ0v) is 29.6. The topological polar surface area (TPSA) is 32.3 Å². The molecular formula is C41H56N4. The summed E-state index contributed by atoms with van der Waals surface area (Å²) in [5, 5.41) is 0. The maximum Gasteiger partial charge on any atom is 0.178 e. The first-order valence-corrected chi connectivity index (χ1v) is 17.0. The molecule has 3 aromatic carbocycles. The predicted molar refractivity (Wildman–Crippen MR) is 197 cm³/mol. The van der Waals surface area contributed by atoms with Crippen molar-refractivity contribution >= 4 is 23.0 Å². The summed E-state index contributed by atoms with van der Waals surface area (Å²) in [5.41, 5.74) is 10.6. The third kappa shape index (κ3) is 6.85. The highest BCUT2D eigenvalue weighted by molar-refractivity contribution is 5.87. The first-order chi connectivity index (χ1) is 21.8. The van der Waals surface area contributed by atoms with Crippen molar-refractivity contribution in [2.24, 2.45) is 0 Å². The number of fused-ring (bicyclic) bond motifs is 1. The minimum atomic E-state index is 0.0113. The van der Waals surface area contributed by atoms with Gasteiger partial charge in [-0.15, -0.1) is 13.2 Å². The first-order valence-electron chi connectivity index (χ1n) is 17.0. The summed E-state index contributed by atoms with van der Waals surface area (Å²) < 4.78 is 0. The molecule has 0 aliphatic carbocycles. The average Bonchev–Trinajstić information content (AvgIpc) is 3.40. The van der Waals surface area contributed by atoms with Crippen LogP contribution in [-0.4, -0.2) is 16.1 Å². The van der Waals surface area contributed by atoms with Crippen molar-refractivity contribution in [3.8, 4) is 11.1 Å². The van der Waals surface area contributed by atoms with E-state index in [1.807, 2.05) is 26.2 Å². The lowest BCUT2D eigenvalue weighted by Crippen LogP contribution is -2.37. The van der Waals surface area contributed by atoms with E-state index < -0.39 is 0 Å². The van der Waals surface area contributed by atoms with Crippen molar-refractivity contribution in [2.75, 3.05) is 9.80 Å². The molecule has 0 radical (unpaired) electrons. The molecule has 45 heavy (non-hydrogen) atoms. The minimum absolute atomic E-state index is 0.0113. The maximum absolute atomic E-state index is 4.96. The van der Waals surface area contributed by atoms with E-state index in [-0.39, 0.29) is 11.6 Å². The van der Waals surface area contributed by atoms with Gasteiger partial charge >= 0.3 is 0 Å². The molecule has 4 aromatic rings. The van der Waals surface area contributed by atoms with Gasteiger partial charge in [0.2, 0.25) is 0 Å². The fourth-order valence-electron chi connectivity index (χ4n) is 6.41. The van der Waals surface area contributed by atoms with Gasteiger partial charge < -0.3 is 9.80 Å². The quantitative estimate of drug-likeness (QED) is 0.178. The first kappa shape index (κ1) is 35.6. The summed E-state index contributed by atoms with van der Waals surface area (Å²) in [6.45, 7) is 28.4. The summed E-state index contributed by atoms with van der Waals surface area (Å²) >= 11 is 0. The van der Waals surface area contributed by atoms with Gasteiger partial charge in [0.1, 0.15) is 6.17 Å². The molecule has 4 nitrogen and oxygen atoms in total. The molecule has 0 saturated heterocycles. The number of benzene rings is 3. The van der Waals surface area contributed by atoms with Gasteiger partial charge in [0.25, 0.3) is 0 Å². The molecule has 0 spiro atoms. The highest BCUT2D eigenvalue weighted by atomic mass is 15.5.